The summed E-state index contributed by atoms with van der Waals surface area (Å²) >= 11 is 1.02. The molecule has 0 saturated carbocycles. The van der Waals surface area contributed by atoms with Crippen molar-refractivity contribution in [2.24, 2.45) is 0 Å². The number of nitrogens with one attached hydrogen (secondary N) is 2. The van der Waals surface area contributed by atoms with E-state index in [0.29, 0.717) is 12.1 Å². The van der Waals surface area contributed by atoms with E-state index in [0.717, 1.165) is 16.2 Å². The molecule has 1 fully saturated rings. The largest absolute Gasteiger partial charge is 0.547 e. The number of thiazole rings is 1. The first-order valence-corrected chi connectivity index (χ1v) is 12.5. The number of nitrogens with two attached hydrogens (primary N) is 1. The number of anilines is 1. The molecule has 0 aliphatic carbocycles. The minimum atomic E-state index is -1.88. The second-order valence-electron chi connectivity index (χ2n) is 8.86. The van der Waals surface area contributed by atoms with Crippen LogP contribution in [0.5, 0.6) is 5.75 Å². The number of carboxylic acids is 1. The standard InChI is InChI=1S/C22H25BN6O8S/c1-3-28-7-8-29(17(31)16(28)30)21(35)27-22(2,13-10-38-20(24)25-13)19(34)26-14-9-11-5-4-6-12(18(32)33)15(11)37-23(14)36/h4-6,10,14,36H,3,7-9H2,1-2H3,(H2,24,25)(H,26,34)(H,27,35)(H,32,33)/t14-,22?/m0/s1. The first-order chi connectivity index (χ1) is 18.0. The molecular formula is C22H25BN6O8S. The monoisotopic (exact) mass is 544 g/mol. The predicted molar refractivity (Wildman–Crippen MR) is 134 cm³/mol. The Hall–Kier alpha value is -4.18. The van der Waals surface area contributed by atoms with Gasteiger partial charge >= 0.3 is 30.9 Å². The van der Waals surface area contributed by atoms with Gasteiger partial charge in [0.25, 0.3) is 5.91 Å². The molecule has 0 radical (unpaired) electrons. The molecule has 1 aromatic heterocycles. The number of carbonyl (C=O) groups excluding carboxylic acids is 4. The Labute approximate surface area is 220 Å². The fourth-order valence-electron chi connectivity index (χ4n) is 4.23. The molecule has 2 atom stereocenters. The van der Waals surface area contributed by atoms with Crippen molar-refractivity contribution in [1.82, 2.24) is 25.4 Å². The maximum Gasteiger partial charge on any atom is 0.547 e. The van der Waals surface area contributed by atoms with Gasteiger partial charge in [-0.05, 0) is 31.9 Å². The lowest BCUT2D eigenvalue weighted by Gasteiger charge is -2.36. The SMILES string of the molecule is CCN1CCN(C(=O)NC(C)(C(=O)N[C@H]2Cc3cccc(C(=O)O)c3OB2O)c2csc(N)n2)C(=O)C1=O. The number of rotatable bonds is 6. The number of hydrogen-bond acceptors (Lipinski definition) is 10. The number of likely N-dealkylation sites (N-methyl/N-ethyl adjacent to an activating group) is 1. The number of benzene rings is 1. The van der Waals surface area contributed by atoms with Crippen molar-refractivity contribution in [3.05, 3.63) is 40.4 Å². The van der Waals surface area contributed by atoms with Gasteiger partial charge in [-0.1, -0.05) is 12.1 Å². The molecule has 2 aliphatic rings. The molecule has 1 saturated heterocycles. The molecule has 16 heteroatoms. The molecule has 2 aliphatic heterocycles. The van der Waals surface area contributed by atoms with E-state index in [2.05, 4.69) is 15.6 Å². The lowest BCUT2D eigenvalue weighted by atomic mass is 9.72. The smallest absolute Gasteiger partial charge is 0.534 e. The summed E-state index contributed by atoms with van der Waals surface area (Å²) in [5.74, 6) is -4.94. The molecule has 5 amide bonds. The normalized spacial score (nSPS) is 18.8. The van der Waals surface area contributed by atoms with Crippen LogP contribution in [0.2, 0.25) is 0 Å². The first-order valence-electron chi connectivity index (χ1n) is 11.6. The average molecular weight is 544 g/mol. The fraction of sp³-hybridized carbons (Fsp3) is 0.364. The molecule has 6 N–H and O–H groups in total. The molecule has 1 aromatic carbocycles. The summed E-state index contributed by atoms with van der Waals surface area (Å²) in [5.41, 5.74) is 4.26. The fourth-order valence-corrected chi connectivity index (χ4v) is 4.91. The summed E-state index contributed by atoms with van der Waals surface area (Å²) in [4.78, 5) is 69.2. The highest BCUT2D eigenvalue weighted by molar-refractivity contribution is 7.13. The molecule has 2 aromatic rings. The zero-order valence-electron chi connectivity index (χ0n) is 20.5. The Kier molecular flexibility index (Phi) is 7.28. The van der Waals surface area contributed by atoms with E-state index in [9.17, 15) is 34.1 Å². The number of aromatic nitrogens is 1. The van der Waals surface area contributed by atoms with Gasteiger partial charge in [-0.3, -0.25) is 19.3 Å². The number of aromatic carboxylic acids is 1. The van der Waals surface area contributed by atoms with Crippen LogP contribution in [0.3, 0.4) is 0 Å². The zero-order valence-corrected chi connectivity index (χ0v) is 21.3. The van der Waals surface area contributed by atoms with Crippen molar-refractivity contribution in [3.8, 4) is 5.75 Å². The molecule has 0 bridgehead atoms. The van der Waals surface area contributed by atoms with E-state index < -0.39 is 48.3 Å². The second kappa shape index (κ2) is 10.3. The number of fused-ring (bicyclic) bond motifs is 1. The first kappa shape index (κ1) is 26.9. The third-order valence-electron chi connectivity index (χ3n) is 6.45. The van der Waals surface area contributed by atoms with E-state index in [1.54, 1.807) is 13.0 Å². The summed E-state index contributed by atoms with van der Waals surface area (Å²) in [5, 5.41) is 26.6. The van der Waals surface area contributed by atoms with Crippen LogP contribution in [0, 0.1) is 0 Å². The summed E-state index contributed by atoms with van der Waals surface area (Å²) in [6, 6.07) is 3.47. The number of para-hydroxylation sites is 1. The van der Waals surface area contributed by atoms with Crippen LogP contribution in [0.15, 0.2) is 23.6 Å². The van der Waals surface area contributed by atoms with Crippen LogP contribution in [0.4, 0.5) is 9.93 Å². The van der Waals surface area contributed by atoms with Crippen molar-refractivity contribution in [2.75, 3.05) is 25.4 Å². The van der Waals surface area contributed by atoms with Crippen molar-refractivity contribution in [1.29, 1.82) is 0 Å². The minimum absolute atomic E-state index is 0.00394. The van der Waals surface area contributed by atoms with E-state index in [1.807, 2.05) is 0 Å². The number of hydrogen-bond donors (Lipinski definition) is 5. The van der Waals surface area contributed by atoms with Crippen molar-refractivity contribution >= 4 is 53.3 Å². The molecule has 3 heterocycles. The van der Waals surface area contributed by atoms with E-state index >= 15 is 0 Å². The van der Waals surface area contributed by atoms with Gasteiger partial charge in [0.1, 0.15) is 5.75 Å². The highest BCUT2D eigenvalue weighted by Crippen LogP contribution is 2.31. The Balaban J connectivity index is 1.58. The van der Waals surface area contributed by atoms with Crippen LogP contribution in [-0.4, -0.2) is 87.3 Å². The molecule has 14 nitrogen and oxygen atoms in total. The van der Waals surface area contributed by atoms with Crippen LogP contribution in [-0.2, 0) is 26.3 Å². The lowest BCUT2D eigenvalue weighted by molar-refractivity contribution is -0.153. The predicted octanol–water partition coefficient (Wildman–Crippen LogP) is -0.821. The maximum atomic E-state index is 13.6. The van der Waals surface area contributed by atoms with Gasteiger partial charge in [-0.25, -0.2) is 14.6 Å². The molecular weight excluding hydrogens is 519 g/mol. The molecule has 4 rings (SSSR count). The third-order valence-corrected chi connectivity index (χ3v) is 7.12. The number of amides is 5. The number of piperazine rings is 1. The van der Waals surface area contributed by atoms with Crippen LogP contribution >= 0.6 is 11.3 Å². The summed E-state index contributed by atoms with van der Waals surface area (Å²) < 4.78 is 5.43. The van der Waals surface area contributed by atoms with Crippen LogP contribution in [0.1, 0.15) is 35.5 Å². The highest BCUT2D eigenvalue weighted by Gasteiger charge is 2.46. The van der Waals surface area contributed by atoms with Crippen LogP contribution in [0.25, 0.3) is 0 Å². The summed E-state index contributed by atoms with van der Waals surface area (Å²) in [6.07, 6.45) is 0.0263. The van der Waals surface area contributed by atoms with E-state index in [-0.39, 0.29) is 41.6 Å². The second-order valence-corrected chi connectivity index (χ2v) is 9.75. The molecule has 38 heavy (non-hydrogen) atoms. The molecule has 1 unspecified atom stereocenters. The van der Waals surface area contributed by atoms with Gasteiger partial charge in [0.2, 0.25) is 0 Å². The zero-order chi connectivity index (χ0) is 27.8. The lowest BCUT2D eigenvalue weighted by Crippen LogP contribution is -2.64. The Bertz CT molecular complexity index is 1320. The van der Waals surface area contributed by atoms with Gasteiger partial charge < -0.3 is 36.1 Å². The topological polar surface area (TPSA) is 204 Å². The van der Waals surface area contributed by atoms with E-state index in [1.165, 1.54) is 29.3 Å². The number of urea groups is 1. The molecule has 200 valence electrons. The highest BCUT2D eigenvalue weighted by atomic mass is 32.1. The van der Waals surface area contributed by atoms with Gasteiger partial charge in [0, 0.05) is 25.0 Å². The van der Waals surface area contributed by atoms with E-state index in [4.69, 9.17) is 10.4 Å². The van der Waals surface area contributed by atoms with Crippen molar-refractivity contribution in [3.63, 3.8) is 0 Å². The number of nitrogen functional groups attached to an aromatic ring is 1. The molecule has 0 spiro atoms. The quantitative estimate of drug-likeness (QED) is 0.226. The summed E-state index contributed by atoms with van der Waals surface area (Å²) in [7, 11) is -1.60. The third kappa shape index (κ3) is 4.87. The van der Waals surface area contributed by atoms with Crippen molar-refractivity contribution in [2.45, 2.75) is 31.7 Å². The number of imide groups is 1. The van der Waals surface area contributed by atoms with Gasteiger partial charge in [-0.2, -0.15) is 0 Å². The van der Waals surface area contributed by atoms with Gasteiger partial charge in [0.15, 0.2) is 10.7 Å². The summed E-state index contributed by atoms with van der Waals surface area (Å²) in [6.45, 7) is 3.43. The Morgan fingerprint density at radius 3 is 2.66 bits per heavy atom. The van der Waals surface area contributed by atoms with Gasteiger partial charge in [-0.15, -0.1) is 11.3 Å². The maximum absolute atomic E-state index is 13.6. The minimum Gasteiger partial charge on any atom is -0.534 e. The number of nitrogens with zero attached hydrogens (tertiary/aromatic N) is 3. The van der Waals surface area contributed by atoms with Gasteiger partial charge in [0.05, 0.1) is 17.2 Å². The average Bonchev–Trinajstić information content (AvgIpc) is 3.32. The number of carbonyl (C=O) groups is 5. The Morgan fingerprint density at radius 2 is 2.03 bits per heavy atom. The van der Waals surface area contributed by atoms with Crippen molar-refractivity contribution < 1.29 is 38.8 Å². The van der Waals surface area contributed by atoms with Crippen LogP contribution < -0.4 is 21.0 Å². The number of carboxylic acid groups (broad SMARTS) is 1. The Morgan fingerprint density at radius 1 is 1.29 bits per heavy atom.